The first kappa shape index (κ1) is 24.1. The van der Waals surface area contributed by atoms with Gasteiger partial charge in [-0.3, -0.25) is 14.5 Å². The maximum atomic E-state index is 13.5. The quantitative estimate of drug-likeness (QED) is 0.291. The minimum absolute atomic E-state index is 0.111. The first-order valence-corrected chi connectivity index (χ1v) is 12.4. The number of rotatable bonds is 5. The molecule has 34 heavy (non-hydrogen) atoms. The Kier molecular flexibility index (Phi) is 7.42. The van der Waals surface area contributed by atoms with Gasteiger partial charge in [-0.2, -0.15) is 5.26 Å². The largest absolute Gasteiger partial charge is 0.321 e. The van der Waals surface area contributed by atoms with E-state index in [1.807, 2.05) is 49.4 Å². The molecule has 8 heteroatoms. The summed E-state index contributed by atoms with van der Waals surface area (Å²) in [5, 5.41) is 13.2. The molecule has 0 radical (unpaired) electrons. The number of aryl methyl sites for hydroxylation is 1. The summed E-state index contributed by atoms with van der Waals surface area (Å²) in [6, 6.07) is 23.8. The van der Waals surface area contributed by atoms with Gasteiger partial charge < -0.3 is 5.32 Å². The molecule has 0 bridgehead atoms. The van der Waals surface area contributed by atoms with Gasteiger partial charge in [-0.15, -0.1) is 0 Å². The summed E-state index contributed by atoms with van der Waals surface area (Å²) in [6.07, 6.45) is 0.440. The van der Waals surface area contributed by atoms with Crippen LogP contribution in [0.4, 0.5) is 11.4 Å². The Morgan fingerprint density at radius 1 is 1.09 bits per heavy atom. The second-order valence-corrected chi connectivity index (χ2v) is 10.2. The van der Waals surface area contributed by atoms with Crippen molar-refractivity contribution in [1.82, 2.24) is 0 Å². The van der Waals surface area contributed by atoms with E-state index < -0.39 is 11.2 Å². The Labute approximate surface area is 215 Å². The summed E-state index contributed by atoms with van der Waals surface area (Å²) in [5.74, 6) is -0.746. The van der Waals surface area contributed by atoms with Gasteiger partial charge in [0, 0.05) is 20.9 Å². The van der Waals surface area contributed by atoms with E-state index in [1.165, 1.54) is 16.7 Å². The van der Waals surface area contributed by atoms with Crippen molar-refractivity contribution in [2.45, 2.75) is 18.6 Å². The zero-order chi connectivity index (χ0) is 24.2. The third-order valence-electron chi connectivity index (χ3n) is 5.23. The van der Waals surface area contributed by atoms with Crippen molar-refractivity contribution >= 4 is 62.5 Å². The molecule has 1 aliphatic rings. The molecule has 170 valence electrons. The molecule has 0 aliphatic carbocycles. The van der Waals surface area contributed by atoms with Crippen LogP contribution in [0.2, 0.25) is 5.02 Å². The maximum Gasteiger partial charge on any atom is 0.269 e. The minimum Gasteiger partial charge on any atom is -0.321 e. The number of nitrogens with zero attached hydrogens (tertiary/aromatic N) is 2. The molecule has 1 fully saturated rings. The summed E-state index contributed by atoms with van der Waals surface area (Å²) >= 11 is 10.6. The lowest BCUT2D eigenvalue weighted by atomic mass is 10.1. The molecular formula is C26H19BrClN3O2S. The molecule has 1 N–H and O–H groups in total. The molecular weight excluding hydrogens is 534 g/mol. The lowest BCUT2D eigenvalue weighted by Gasteiger charge is -2.19. The van der Waals surface area contributed by atoms with Gasteiger partial charge in [0.25, 0.3) is 5.91 Å². The predicted octanol–water partition coefficient (Wildman–Crippen LogP) is 6.48. The van der Waals surface area contributed by atoms with Crippen molar-refractivity contribution < 1.29 is 9.59 Å². The van der Waals surface area contributed by atoms with E-state index in [4.69, 9.17) is 11.6 Å². The van der Waals surface area contributed by atoms with Crippen molar-refractivity contribution in [3.63, 3.8) is 0 Å². The lowest BCUT2D eigenvalue weighted by molar-refractivity contribution is -0.117. The van der Waals surface area contributed by atoms with E-state index in [1.54, 1.807) is 36.4 Å². The molecule has 1 saturated heterocycles. The average Bonchev–Trinajstić information content (AvgIpc) is 3.13. The normalized spacial score (nSPS) is 16.8. The average molecular weight is 553 g/mol. The van der Waals surface area contributed by atoms with Gasteiger partial charge in [0.15, 0.2) is 0 Å². The van der Waals surface area contributed by atoms with Crippen molar-refractivity contribution in [1.29, 1.82) is 5.26 Å². The zero-order valence-corrected chi connectivity index (χ0v) is 21.2. The van der Waals surface area contributed by atoms with Gasteiger partial charge in [0.1, 0.15) is 16.7 Å². The van der Waals surface area contributed by atoms with Crippen molar-refractivity contribution in [2.24, 2.45) is 0 Å². The Morgan fingerprint density at radius 3 is 2.35 bits per heavy atom. The molecule has 3 aromatic carbocycles. The number of halogens is 2. The summed E-state index contributed by atoms with van der Waals surface area (Å²) < 4.78 is 0.858. The first-order chi connectivity index (χ1) is 16.4. The molecule has 1 heterocycles. The Morgan fingerprint density at radius 2 is 1.74 bits per heavy atom. The lowest BCUT2D eigenvalue weighted by Crippen LogP contribution is -2.30. The van der Waals surface area contributed by atoms with Crippen LogP contribution in [0.5, 0.6) is 0 Å². The second-order valence-electron chi connectivity index (χ2n) is 7.70. The topological polar surface area (TPSA) is 73.2 Å². The van der Waals surface area contributed by atoms with E-state index in [0.717, 1.165) is 15.6 Å². The fraction of sp³-hybridized carbons (Fsp3) is 0.115. The van der Waals surface area contributed by atoms with Crippen LogP contribution in [-0.4, -0.2) is 17.1 Å². The van der Waals surface area contributed by atoms with E-state index in [9.17, 15) is 14.9 Å². The number of carbonyl (C=O) groups is 2. The predicted molar refractivity (Wildman–Crippen MR) is 141 cm³/mol. The highest BCUT2D eigenvalue weighted by atomic mass is 79.9. The number of hydrogen-bond acceptors (Lipinski definition) is 4. The highest BCUT2D eigenvalue weighted by Crippen LogP contribution is 2.42. The van der Waals surface area contributed by atoms with Crippen LogP contribution in [0.25, 0.3) is 0 Å². The molecule has 5 nitrogen and oxygen atoms in total. The number of anilines is 2. The maximum absolute atomic E-state index is 13.5. The number of nitriles is 1. The Bertz CT molecular complexity index is 1300. The highest BCUT2D eigenvalue weighted by molar-refractivity contribution is 9.10. The van der Waals surface area contributed by atoms with Crippen LogP contribution in [0.1, 0.15) is 11.1 Å². The van der Waals surface area contributed by atoms with Crippen LogP contribution in [-0.2, 0) is 16.0 Å². The van der Waals surface area contributed by atoms with Crippen LogP contribution < -0.4 is 10.2 Å². The molecule has 1 atom stereocenters. The smallest absolute Gasteiger partial charge is 0.269 e. The number of benzene rings is 3. The number of nitrogens with one attached hydrogen (secondary N) is 1. The summed E-state index contributed by atoms with van der Waals surface area (Å²) in [6.45, 7) is 1.95. The minimum atomic E-state index is -0.559. The standard InChI is InChI=1S/C26H19BrClN3O2S/c1-16-2-10-20(11-3-16)30-24(32)22(15-29)26-31(21-12-6-18(27)7-13-21)25(33)23(34-26)14-17-4-8-19(28)9-5-17/h2-13,23H,14H2,1H3,(H,30,32)/b26-22-/t23-/m1/s1. The third kappa shape index (κ3) is 5.36. The van der Waals surface area contributed by atoms with Gasteiger partial charge in [-0.05, 0) is 67.4 Å². The molecule has 0 saturated carbocycles. The van der Waals surface area contributed by atoms with Gasteiger partial charge in [-0.1, -0.05) is 69.1 Å². The van der Waals surface area contributed by atoms with Crippen LogP contribution in [0.15, 0.2) is 87.9 Å². The molecule has 2 amide bonds. The van der Waals surface area contributed by atoms with Crippen LogP contribution in [0.3, 0.4) is 0 Å². The summed E-state index contributed by atoms with van der Waals surface area (Å²) in [4.78, 5) is 28.1. The van der Waals surface area contributed by atoms with Gasteiger partial charge >= 0.3 is 0 Å². The van der Waals surface area contributed by atoms with Gasteiger partial charge in [-0.25, -0.2) is 0 Å². The van der Waals surface area contributed by atoms with Gasteiger partial charge in [0.05, 0.1) is 5.25 Å². The van der Waals surface area contributed by atoms with Crippen LogP contribution >= 0.6 is 39.3 Å². The van der Waals surface area contributed by atoms with Crippen LogP contribution in [0, 0.1) is 18.3 Å². The summed E-state index contributed by atoms with van der Waals surface area (Å²) in [7, 11) is 0. The fourth-order valence-electron chi connectivity index (χ4n) is 3.48. The first-order valence-electron chi connectivity index (χ1n) is 10.4. The third-order valence-corrected chi connectivity index (χ3v) is 7.28. The van der Waals surface area contributed by atoms with E-state index in [2.05, 4.69) is 21.2 Å². The number of amides is 2. The SMILES string of the molecule is Cc1ccc(NC(=O)/C(C#N)=C2\S[C@H](Cc3ccc(Cl)cc3)C(=O)N2c2ccc(Br)cc2)cc1. The van der Waals surface area contributed by atoms with Gasteiger partial charge in [0.2, 0.25) is 5.91 Å². The second kappa shape index (κ2) is 10.5. The number of hydrogen-bond donors (Lipinski definition) is 1. The molecule has 4 rings (SSSR count). The molecule has 0 spiro atoms. The van der Waals surface area contributed by atoms with Crippen molar-refractivity contribution in [3.8, 4) is 6.07 Å². The fourth-order valence-corrected chi connectivity index (χ4v) is 5.18. The monoisotopic (exact) mass is 551 g/mol. The van der Waals surface area contributed by atoms with Crippen molar-refractivity contribution in [2.75, 3.05) is 10.2 Å². The highest BCUT2D eigenvalue weighted by Gasteiger charge is 2.40. The van der Waals surface area contributed by atoms with E-state index in [-0.39, 0.29) is 11.5 Å². The number of carbonyl (C=O) groups excluding carboxylic acids is 2. The molecule has 3 aromatic rings. The zero-order valence-electron chi connectivity index (χ0n) is 18.1. The Balaban J connectivity index is 1.71. The summed E-state index contributed by atoms with van der Waals surface area (Å²) in [5.41, 5.74) is 3.05. The van der Waals surface area contributed by atoms with Crippen molar-refractivity contribution in [3.05, 3.63) is 104 Å². The molecule has 1 aliphatic heterocycles. The molecule has 0 unspecified atom stereocenters. The Hall–Kier alpha value is -3.05. The number of thioether (sulfide) groups is 1. The van der Waals surface area contributed by atoms with E-state index in [0.29, 0.717) is 27.8 Å². The van der Waals surface area contributed by atoms with E-state index >= 15 is 0 Å². The molecule has 0 aromatic heterocycles.